The molecule has 0 aliphatic carbocycles. The molecule has 1 amide bonds. The van der Waals surface area contributed by atoms with E-state index in [-0.39, 0.29) is 5.91 Å². The van der Waals surface area contributed by atoms with Crippen LogP contribution >= 0.6 is 0 Å². The topological polar surface area (TPSA) is 69.3 Å². The van der Waals surface area contributed by atoms with Crippen LogP contribution in [-0.4, -0.2) is 28.6 Å². The molecule has 0 radical (unpaired) electrons. The minimum atomic E-state index is -0.157. The average molecular weight is 474 g/mol. The Labute approximate surface area is 207 Å². The number of hydrogen-bond acceptors (Lipinski definition) is 4. The van der Waals surface area contributed by atoms with Crippen LogP contribution in [0, 0.1) is 0 Å². The monoisotopic (exact) mass is 473 g/mol. The molecule has 184 valence electrons. The first-order chi connectivity index (χ1) is 17.1. The molecule has 1 N–H and O–H groups in total. The molecule has 2 aromatic carbocycles. The molecule has 0 saturated heterocycles. The smallest absolute Gasteiger partial charge is 0.286 e. The van der Waals surface area contributed by atoms with Crippen LogP contribution in [0.15, 0.2) is 71.3 Å². The predicted octanol–water partition coefficient (Wildman–Crippen LogP) is 6.36. The van der Waals surface area contributed by atoms with Gasteiger partial charge in [-0.05, 0) is 61.1 Å². The highest BCUT2D eigenvalue weighted by molar-refractivity contribution is 5.91. The van der Waals surface area contributed by atoms with Crippen LogP contribution in [0.5, 0.6) is 5.75 Å². The van der Waals surface area contributed by atoms with Crippen LogP contribution in [0.2, 0.25) is 0 Å². The Morgan fingerprint density at radius 1 is 1.00 bits per heavy atom. The number of nitrogens with zero attached hydrogens (tertiary/aromatic N) is 2. The molecule has 0 aliphatic heterocycles. The number of hydrogen-bond donors (Lipinski definition) is 1. The van der Waals surface area contributed by atoms with Crippen molar-refractivity contribution in [3.63, 3.8) is 0 Å². The zero-order valence-electron chi connectivity index (χ0n) is 20.7. The van der Waals surface area contributed by atoms with E-state index in [1.165, 1.54) is 17.3 Å². The van der Waals surface area contributed by atoms with Gasteiger partial charge in [0.15, 0.2) is 5.76 Å². The highest BCUT2D eigenvalue weighted by Gasteiger charge is 2.12. The van der Waals surface area contributed by atoms with Crippen LogP contribution in [0.25, 0.3) is 11.0 Å². The molecule has 2 heterocycles. The van der Waals surface area contributed by atoms with Crippen LogP contribution in [-0.2, 0) is 13.0 Å². The van der Waals surface area contributed by atoms with Crippen molar-refractivity contribution < 1.29 is 13.9 Å². The van der Waals surface area contributed by atoms with Crippen LogP contribution in [0.3, 0.4) is 0 Å². The fraction of sp³-hybridized carbons (Fsp3) is 0.379. The fourth-order valence-corrected chi connectivity index (χ4v) is 4.34. The third kappa shape index (κ3) is 6.53. The van der Waals surface area contributed by atoms with Crippen molar-refractivity contribution in [2.45, 2.75) is 58.4 Å². The van der Waals surface area contributed by atoms with Gasteiger partial charge in [-0.1, -0.05) is 50.6 Å². The molecule has 35 heavy (non-hydrogen) atoms. The van der Waals surface area contributed by atoms with Crippen LogP contribution in [0.4, 0.5) is 0 Å². The quantitative estimate of drug-likeness (QED) is 0.229. The van der Waals surface area contributed by atoms with Crippen LogP contribution < -0.4 is 10.1 Å². The number of carbonyl (C=O) groups is 1. The van der Waals surface area contributed by atoms with Gasteiger partial charge in [0.05, 0.1) is 23.9 Å². The van der Waals surface area contributed by atoms with E-state index in [1.807, 2.05) is 12.1 Å². The SMILES string of the molecule is CC(C)c1ccccc1OCCCn1c(CCCCCNC(=O)c2ccco2)nc2ccccc21. The van der Waals surface area contributed by atoms with Gasteiger partial charge in [0.1, 0.15) is 11.6 Å². The molecule has 6 heteroatoms. The van der Waals surface area contributed by atoms with E-state index in [4.69, 9.17) is 14.1 Å². The first-order valence-electron chi connectivity index (χ1n) is 12.6. The molecule has 4 aromatic rings. The van der Waals surface area contributed by atoms with E-state index in [2.05, 4.69) is 60.1 Å². The molecule has 4 rings (SSSR count). The van der Waals surface area contributed by atoms with Crippen molar-refractivity contribution in [2.75, 3.05) is 13.2 Å². The van der Waals surface area contributed by atoms with Gasteiger partial charge in [0.25, 0.3) is 5.91 Å². The molecule has 0 spiro atoms. The summed E-state index contributed by atoms with van der Waals surface area (Å²) in [5, 5.41) is 2.91. The molecule has 0 saturated carbocycles. The summed E-state index contributed by atoms with van der Waals surface area (Å²) in [6, 6.07) is 20.0. The lowest BCUT2D eigenvalue weighted by molar-refractivity contribution is 0.0925. The van der Waals surface area contributed by atoms with E-state index in [1.54, 1.807) is 12.1 Å². The first-order valence-corrected chi connectivity index (χ1v) is 12.6. The van der Waals surface area contributed by atoms with Crippen LogP contribution in [0.1, 0.15) is 67.4 Å². The Balaban J connectivity index is 1.27. The number of amides is 1. The molecule has 6 nitrogen and oxygen atoms in total. The molecular formula is C29H35N3O3. The third-order valence-corrected chi connectivity index (χ3v) is 6.17. The maximum Gasteiger partial charge on any atom is 0.286 e. The molecule has 0 fully saturated rings. The van der Waals surface area contributed by atoms with Crippen molar-refractivity contribution >= 4 is 16.9 Å². The molecule has 2 aromatic heterocycles. The zero-order chi connectivity index (χ0) is 24.5. The highest BCUT2D eigenvalue weighted by atomic mass is 16.5. The number of benzene rings is 2. The second-order valence-electron chi connectivity index (χ2n) is 9.11. The summed E-state index contributed by atoms with van der Waals surface area (Å²) in [6.07, 6.45) is 6.32. The highest BCUT2D eigenvalue weighted by Crippen LogP contribution is 2.26. The molecular weight excluding hydrogens is 438 g/mol. The number of unbranched alkanes of at least 4 members (excludes halogenated alkanes) is 2. The minimum Gasteiger partial charge on any atom is -0.493 e. The Morgan fingerprint density at radius 2 is 1.83 bits per heavy atom. The van der Waals surface area contributed by atoms with Gasteiger partial charge in [-0.25, -0.2) is 4.98 Å². The maximum absolute atomic E-state index is 11.9. The van der Waals surface area contributed by atoms with E-state index < -0.39 is 0 Å². The second-order valence-corrected chi connectivity index (χ2v) is 9.11. The first kappa shape index (κ1) is 24.6. The lowest BCUT2D eigenvalue weighted by atomic mass is 10.0. The summed E-state index contributed by atoms with van der Waals surface area (Å²) in [7, 11) is 0. The van der Waals surface area contributed by atoms with Crippen molar-refractivity contribution in [1.82, 2.24) is 14.9 Å². The van der Waals surface area contributed by atoms with Gasteiger partial charge in [-0.15, -0.1) is 0 Å². The minimum absolute atomic E-state index is 0.157. The lowest BCUT2D eigenvalue weighted by Crippen LogP contribution is -2.23. The lowest BCUT2D eigenvalue weighted by Gasteiger charge is -2.14. The number of nitrogens with one attached hydrogen (secondary N) is 1. The number of carbonyl (C=O) groups excluding carboxylic acids is 1. The number of fused-ring (bicyclic) bond motifs is 1. The molecule has 0 unspecified atom stereocenters. The van der Waals surface area contributed by atoms with E-state index in [0.29, 0.717) is 24.8 Å². The molecule has 0 atom stereocenters. The Hall–Kier alpha value is -3.54. The molecule has 0 bridgehead atoms. The van der Waals surface area contributed by atoms with Gasteiger partial charge in [-0.2, -0.15) is 0 Å². The summed E-state index contributed by atoms with van der Waals surface area (Å²) in [6.45, 7) is 6.58. The Bertz CT molecular complexity index is 1210. The zero-order valence-corrected chi connectivity index (χ0v) is 20.7. The van der Waals surface area contributed by atoms with Crippen molar-refractivity contribution in [3.05, 3.63) is 84.1 Å². The average Bonchev–Trinajstić information content (AvgIpc) is 3.52. The number of aromatic nitrogens is 2. The predicted molar refractivity (Wildman–Crippen MR) is 139 cm³/mol. The fourth-order valence-electron chi connectivity index (χ4n) is 4.34. The number of ether oxygens (including phenoxy) is 1. The largest absolute Gasteiger partial charge is 0.493 e. The summed E-state index contributed by atoms with van der Waals surface area (Å²) < 4.78 is 13.6. The normalized spacial score (nSPS) is 11.3. The Kier molecular flexibility index (Phi) is 8.60. The third-order valence-electron chi connectivity index (χ3n) is 6.17. The standard InChI is InChI=1S/C29H35N3O3/c1-22(2)23-12-5-8-15-26(23)34-21-11-19-32-25-14-7-6-13-24(25)31-28(32)17-4-3-9-18-30-29(33)27-16-10-20-35-27/h5-8,10,12-16,20,22H,3-4,9,11,17-19,21H2,1-2H3,(H,30,33). The second kappa shape index (κ2) is 12.2. The number of para-hydroxylation sites is 3. The van der Waals surface area contributed by atoms with Crippen molar-refractivity contribution in [2.24, 2.45) is 0 Å². The maximum atomic E-state index is 11.9. The summed E-state index contributed by atoms with van der Waals surface area (Å²) >= 11 is 0. The number of aryl methyl sites for hydroxylation is 2. The van der Waals surface area contributed by atoms with E-state index in [9.17, 15) is 4.79 Å². The molecule has 0 aliphatic rings. The summed E-state index contributed by atoms with van der Waals surface area (Å²) in [5.41, 5.74) is 3.47. The van der Waals surface area contributed by atoms with Gasteiger partial charge in [0, 0.05) is 19.5 Å². The summed E-state index contributed by atoms with van der Waals surface area (Å²) in [5.74, 6) is 2.74. The van der Waals surface area contributed by atoms with Gasteiger partial charge >= 0.3 is 0 Å². The number of rotatable bonds is 13. The van der Waals surface area contributed by atoms with Crippen molar-refractivity contribution in [1.29, 1.82) is 0 Å². The van der Waals surface area contributed by atoms with Gasteiger partial charge in [-0.3, -0.25) is 4.79 Å². The van der Waals surface area contributed by atoms with Gasteiger partial charge < -0.3 is 19.0 Å². The van der Waals surface area contributed by atoms with E-state index >= 15 is 0 Å². The van der Waals surface area contributed by atoms with Gasteiger partial charge in [0.2, 0.25) is 0 Å². The van der Waals surface area contributed by atoms with Crippen molar-refractivity contribution in [3.8, 4) is 5.75 Å². The Morgan fingerprint density at radius 3 is 2.66 bits per heavy atom. The van der Waals surface area contributed by atoms with E-state index in [0.717, 1.165) is 55.7 Å². The summed E-state index contributed by atoms with van der Waals surface area (Å²) in [4.78, 5) is 16.8. The number of furan rings is 1. The number of imidazole rings is 1.